The maximum Gasteiger partial charge on any atom is 0.241 e. The van der Waals surface area contributed by atoms with Gasteiger partial charge in [0.05, 0.1) is 31.2 Å². The topological polar surface area (TPSA) is 93.7 Å². The van der Waals surface area contributed by atoms with Crippen molar-refractivity contribution in [2.24, 2.45) is 0 Å². The summed E-state index contributed by atoms with van der Waals surface area (Å²) in [4.78, 5) is 12.5. The Hall–Kier alpha value is -2.58. The average molecular weight is 392 g/mol. The minimum absolute atomic E-state index is 0.0562. The number of benzene rings is 2. The summed E-state index contributed by atoms with van der Waals surface area (Å²) in [6.45, 7) is 3.30. The molecule has 0 radical (unpaired) electrons. The van der Waals surface area contributed by atoms with Crippen LogP contribution in [0.4, 0.5) is 0 Å². The monoisotopic (exact) mass is 392 g/mol. The highest BCUT2D eigenvalue weighted by atomic mass is 32.2. The average Bonchev–Trinajstić information content (AvgIpc) is 2.67. The third-order valence-electron chi connectivity index (χ3n) is 4.06. The van der Waals surface area contributed by atoms with Crippen LogP contribution in [0.3, 0.4) is 0 Å². The Morgan fingerprint density at radius 2 is 1.59 bits per heavy atom. The predicted octanol–water partition coefficient (Wildman–Crippen LogP) is 2.25. The summed E-state index contributed by atoms with van der Waals surface area (Å²) in [6, 6.07) is 12.0. The number of methoxy groups -OCH3 is 2. The van der Waals surface area contributed by atoms with Gasteiger partial charge in [0.15, 0.2) is 0 Å². The van der Waals surface area contributed by atoms with Crippen molar-refractivity contribution in [1.29, 1.82) is 0 Å². The highest BCUT2D eigenvalue weighted by Crippen LogP contribution is 2.24. The largest absolute Gasteiger partial charge is 0.497 e. The smallest absolute Gasteiger partial charge is 0.241 e. The maximum atomic E-state index is 12.5. The van der Waals surface area contributed by atoms with Crippen LogP contribution in [0.15, 0.2) is 53.4 Å². The lowest BCUT2D eigenvalue weighted by molar-refractivity contribution is -0.123. The summed E-state index contributed by atoms with van der Waals surface area (Å²) in [7, 11) is -0.782. The molecule has 2 aromatic rings. The van der Waals surface area contributed by atoms with E-state index in [0.29, 0.717) is 11.5 Å². The lowest BCUT2D eigenvalue weighted by atomic mass is 10.1. The molecule has 146 valence electrons. The van der Waals surface area contributed by atoms with Crippen LogP contribution in [-0.4, -0.2) is 34.6 Å². The van der Waals surface area contributed by atoms with E-state index in [1.807, 2.05) is 18.2 Å². The fourth-order valence-corrected chi connectivity index (χ4v) is 3.75. The molecule has 8 heteroatoms. The molecule has 2 N–H and O–H groups in total. The zero-order chi connectivity index (χ0) is 20.0. The summed E-state index contributed by atoms with van der Waals surface area (Å²) in [5.41, 5.74) is 0.804. The van der Waals surface area contributed by atoms with Gasteiger partial charge in [-0.3, -0.25) is 4.79 Å². The molecule has 1 unspecified atom stereocenters. The molecule has 27 heavy (non-hydrogen) atoms. The second-order valence-corrected chi connectivity index (χ2v) is 7.70. The Bertz CT molecular complexity index is 881. The molecule has 0 aliphatic carbocycles. The Morgan fingerprint density at radius 1 is 0.963 bits per heavy atom. The Kier molecular flexibility index (Phi) is 6.81. The van der Waals surface area contributed by atoms with Crippen molar-refractivity contribution in [2.75, 3.05) is 14.2 Å². The minimum atomic E-state index is -3.83. The molecule has 0 saturated heterocycles. The summed E-state index contributed by atoms with van der Waals surface area (Å²) in [5.74, 6) is 0.757. The second kappa shape index (κ2) is 8.88. The summed E-state index contributed by atoms with van der Waals surface area (Å²) >= 11 is 0. The number of ether oxygens (including phenoxy) is 2. The molecule has 2 rings (SSSR count). The molecular weight excluding hydrogens is 368 g/mol. The standard InChI is InChI=1S/C19H24N2O5S/c1-13(17-7-5-6-8-18(17)26-4)20-19(22)14(2)21-27(23,24)16-11-9-15(25-3)10-12-16/h5-14,21H,1-4H3,(H,20,22)/t13?,14-/m0/s1. The number of nitrogens with one attached hydrogen (secondary N) is 2. The lowest BCUT2D eigenvalue weighted by Crippen LogP contribution is -2.45. The molecule has 2 aromatic carbocycles. The van der Waals surface area contributed by atoms with E-state index in [0.717, 1.165) is 5.56 Å². The van der Waals surface area contributed by atoms with Gasteiger partial charge in [-0.05, 0) is 44.2 Å². The van der Waals surface area contributed by atoms with Crippen molar-refractivity contribution in [3.63, 3.8) is 0 Å². The highest BCUT2D eigenvalue weighted by molar-refractivity contribution is 7.89. The van der Waals surface area contributed by atoms with Crippen molar-refractivity contribution in [1.82, 2.24) is 10.0 Å². The normalized spacial score (nSPS) is 13.5. The quantitative estimate of drug-likeness (QED) is 0.719. The molecule has 0 heterocycles. The Balaban J connectivity index is 2.05. The molecular formula is C19H24N2O5S. The van der Waals surface area contributed by atoms with Gasteiger partial charge in [-0.25, -0.2) is 8.42 Å². The third-order valence-corrected chi connectivity index (χ3v) is 5.62. The van der Waals surface area contributed by atoms with Crippen molar-refractivity contribution < 1.29 is 22.7 Å². The fourth-order valence-electron chi connectivity index (χ4n) is 2.55. The maximum absolute atomic E-state index is 12.5. The number of sulfonamides is 1. The molecule has 0 fully saturated rings. The van der Waals surface area contributed by atoms with Crippen LogP contribution in [0.2, 0.25) is 0 Å². The number of rotatable bonds is 8. The fraction of sp³-hybridized carbons (Fsp3) is 0.316. The van der Waals surface area contributed by atoms with E-state index in [1.165, 1.54) is 26.2 Å². The van der Waals surface area contributed by atoms with Gasteiger partial charge in [0.1, 0.15) is 11.5 Å². The summed E-state index contributed by atoms with van der Waals surface area (Å²) in [6.07, 6.45) is 0. The molecule has 0 bridgehead atoms. The van der Waals surface area contributed by atoms with Crippen molar-refractivity contribution in [3.05, 3.63) is 54.1 Å². The van der Waals surface area contributed by atoms with E-state index in [1.54, 1.807) is 32.2 Å². The van der Waals surface area contributed by atoms with Crippen molar-refractivity contribution in [2.45, 2.75) is 30.8 Å². The van der Waals surface area contributed by atoms with E-state index in [-0.39, 0.29) is 10.9 Å². The number of carbonyl (C=O) groups excluding carboxylic acids is 1. The van der Waals surface area contributed by atoms with Gasteiger partial charge in [-0.2, -0.15) is 4.72 Å². The third kappa shape index (κ3) is 5.21. The van der Waals surface area contributed by atoms with E-state index < -0.39 is 22.0 Å². The first-order valence-corrected chi connectivity index (χ1v) is 9.86. The zero-order valence-electron chi connectivity index (χ0n) is 15.7. The van der Waals surface area contributed by atoms with Crippen LogP contribution in [0.25, 0.3) is 0 Å². The van der Waals surface area contributed by atoms with E-state index in [4.69, 9.17) is 9.47 Å². The Labute approximate surface area is 159 Å². The van der Waals surface area contributed by atoms with Crippen molar-refractivity contribution >= 4 is 15.9 Å². The van der Waals surface area contributed by atoms with Crippen LogP contribution in [0, 0.1) is 0 Å². The number of para-hydroxylation sites is 1. The molecule has 7 nitrogen and oxygen atoms in total. The van der Waals surface area contributed by atoms with Gasteiger partial charge in [0, 0.05) is 5.56 Å². The molecule has 0 aliphatic heterocycles. The second-order valence-electron chi connectivity index (χ2n) is 5.99. The molecule has 2 atom stereocenters. The van der Waals surface area contributed by atoms with Gasteiger partial charge >= 0.3 is 0 Å². The molecule has 0 saturated carbocycles. The van der Waals surface area contributed by atoms with Crippen molar-refractivity contribution in [3.8, 4) is 11.5 Å². The first-order chi connectivity index (χ1) is 12.8. The van der Waals surface area contributed by atoms with Crippen LogP contribution in [0.5, 0.6) is 11.5 Å². The van der Waals surface area contributed by atoms with Crippen LogP contribution < -0.4 is 19.5 Å². The van der Waals surface area contributed by atoms with Gasteiger partial charge in [0.2, 0.25) is 15.9 Å². The minimum Gasteiger partial charge on any atom is -0.497 e. The first-order valence-electron chi connectivity index (χ1n) is 8.38. The number of amides is 1. The molecule has 1 amide bonds. The van der Waals surface area contributed by atoms with E-state index in [2.05, 4.69) is 10.0 Å². The van der Waals surface area contributed by atoms with Crippen LogP contribution in [0.1, 0.15) is 25.5 Å². The zero-order valence-corrected chi connectivity index (χ0v) is 16.5. The number of hydrogen-bond acceptors (Lipinski definition) is 5. The molecule has 0 spiro atoms. The van der Waals surface area contributed by atoms with Gasteiger partial charge < -0.3 is 14.8 Å². The SMILES string of the molecule is COc1ccc(S(=O)(=O)N[C@@H](C)C(=O)NC(C)c2ccccc2OC)cc1. The van der Waals surface area contributed by atoms with Gasteiger partial charge in [-0.1, -0.05) is 18.2 Å². The van der Waals surface area contributed by atoms with E-state index >= 15 is 0 Å². The lowest BCUT2D eigenvalue weighted by Gasteiger charge is -2.20. The van der Waals surface area contributed by atoms with E-state index in [9.17, 15) is 13.2 Å². The first kappa shape index (κ1) is 20.7. The summed E-state index contributed by atoms with van der Waals surface area (Å²) < 4.78 is 37.6. The molecule has 0 aliphatic rings. The number of carbonyl (C=O) groups is 1. The van der Waals surface area contributed by atoms with Gasteiger partial charge in [0.25, 0.3) is 0 Å². The Morgan fingerprint density at radius 3 is 2.19 bits per heavy atom. The summed E-state index contributed by atoms with van der Waals surface area (Å²) in [5, 5.41) is 2.80. The van der Waals surface area contributed by atoms with Crippen LogP contribution >= 0.6 is 0 Å². The highest BCUT2D eigenvalue weighted by Gasteiger charge is 2.24. The number of hydrogen-bond donors (Lipinski definition) is 2. The molecule has 0 aromatic heterocycles. The predicted molar refractivity (Wildman–Crippen MR) is 102 cm³/mol. The van der Waals surface area contributed by atoms with Crippen LogP contribution in [-0.2, 0) is 14.8 Å². The van der Waals surface area contributed by atoms with Gasteiger partial charge in [-0.15, -0.1) is 0 Å².